The monoisotopic (exact) mass is 280 g/mol. The van der Waals surface area contributed by atoms with Gasteiger partial charge in [-0.05, 0) is 30.7 Å². The lowest BCUT2D eigenvalue weighted by Gasteiger charge is -2.06. The van der Waals surface area contributed by atoms with Crippen molar-refractivity contribution < 1.29 is 4.74 Å². The molecule has 0 radical (unpaired) electrons. The number of thiazole rings is 1. The second-order valence-corrected chi connectivity index (χ2v) is 5.57. The Labute approximate surface area is 121 Å². The van der Waals surface area contributed by atoms with Crippen LogP contribution in [0.2, 0.25) is 0 Å². The Morgan fingerprint density at radius 1 is 1.20 bits per heavy atom. The van der Waals surface area contributed by atoms with Gasteiger partial charge in [-0.3, -0.25) is 0 Å². The van der Waals surface area contributed by atoms with Crippen molar-refractivity contribution in [3.8, 4) is 11.8 Å². The first-order chi connectivity index (χ1) is 9.74. The van der Waals surface area contributed by atoms with Crippen molar-refractivity contribution in [3.05, 3.63) is 58.6 Å². The summed E-state index contributed by atoms with van der Waals surface area (Å²) in [6, 6.07) is 16.0. The van der Waals surface area contributed by atoms with E-state index in [4.69, 9.17) is 10.00 Å². The molecule has 4 heteroatoms. The predicted molar refractivity (Wildman–Crippen MR) is 79.8 cm³/mol. The summed E-state index contributed by atoms with van der Waals surface area (Å²) in [5.41, 5.74) is 3.22. The molecular formula is C16H12N2OS. The van der Waals surface area contributed by atoms with Crippen LogP contribution in [-0.4, -0.2) is 4.98 Å². The van der Waals surface area contributed by atoms with Gasteiger partial charge in [0.1, 0.15) is 18.4 Å². The largest absolute Gasteiger partial charge is 0.489 e. The van der Waals surface area contributed by atoms with Crippen LogP contribution in [0.15, 0.2) is 42.5 Å². The second kappa shape index (κ2) is 5.32. The molecule has 2 aromatic carbocycles. The first-order valence-electron chi connectivity index (χ1n) is 6.23. The van der Waals surface area contributed by atoms with Gasteiger partial charge in [-0.1, -0.05) is 29.8 Å². The number of aryl methyl sites for hydroxylation is 1. The standard InChI is InChI=1S/C16H12N2OS/c1-11-2-4-12(5-3-11)10-19-13-6-7-14-15(8-13)20-16(9-17)18-14/h2-8H,10H2,1H3. The van der Waals surface area contributed by atoms with E-state index in [9.17, 15) is 0 Å². The summed E-state index contributed by atoms with van der Waals surface area (Å²) in [6.07, 6.45) is 0. The molecule has 0 unspecified atom stereocenters. The minimum atomic E-state index is 0.482. The summed E-state index contributed by atoms with van der Waals surface area (Å²) >= 11 is 1.38. The molecule has 0 aliphatic carbocycles. The smallest absolute Gasteiger partial charge is 0.195 e. The van der Waals surface area contributed by atoms with E-state index in [2.05, 4.69) is 42.2 Å². The second-order valence-electron chi connectivity index (χ2n) is 4.53. The minimum Gasteiger partial charge on any atom is -0.489 e. The van der Waals surface area contributed by atoms with Gasteiger partial charge in [0.05, 0.1) is 10.2 Å². The van der Waals surface area contributed by atoms with Crippen LogP contribution in [0.5, 0.6) is 5.75 Å². The third kappa shape index (κ3) is 2.63. The third-order valence-corrected chi connectivity index (χ3v) is 3.90. The number of hydrogen-bond acceptors (Lipinski definition) is 4. The maximum absolute atomic E-state index is 8.85. The SMILES string of the molecule is Cc1ccc(COc2ccc3nc(C#N)sc3c2)cc1. The molecule has 3 nitrogen and oxygen atoms in total. The Kier molecular flexibility index (Phi) is 3.36. The van der Waals surface area contributed by atoms with Crippen molar-refractivity contribution in [2.24, 2.45) is 0 Å². The summed E-state index contributed by atoms with van der Waals surface area (Å²) in [7, 11) is 0. The van der Waals surface area contributed by atoms with E-state index in [-0.39, 0.29) is 0 Å². The van der Waals surface area contributed by atoms with Gasteiger partial charge >= 0.3 is 0 Å². The van der Waals surface area contributed by atoms with Crippen molar-refractivity contribution in [2.45, 2.75) is 13.5 Å². The Hall–Kier alpha value is -2.38. The molecule has 98 valence electrons. The minimum absolute atomic E-state index is 0.482. The molecule has 0 saturated carbocycles. The average molecular weight is 280 g/mol. The Bertz CT molecular complexity index is 784. The summed E-state index contributed by atoms with van der Waals surface area (Å²) < 4.78 is 6.75. The molecular weight excluding hydrogens is 268 g/mol. The van der Waals surface area contributed by atoms with Gasteiger partial charge in [0.25, 0.3) is 0 Å². The molecule has 3 rings (SSSR count). The van der Waals surface area contributed by atoms with E-state index >= 15 is 0 Å². The highest BCUT2D eigenvalue weighted by atomic mass is 32.1. The maximum atomic E-state index is 8.85. The zero-order chi connectivity index (χ0) is 13.9. The van der Waals surface area contributed by atoms with Gasteiger partial charge in [0.15, 0.2) is 5.01 Å². The van der Waals surface area contributed by atoms with E-state index in [0.29, 0.717) is 11.6 Å². The zero-order valence-corrected chi connectivity index (χ0v) is 11.8. The maximum Gasteiger partial charge on any atom is 0.195 e. The van der Waals surface area contributed by atoms with Crippen molar-refractivity contribution in [2.75, 3.05) is 0 Å². The van der Waals surface area contributed by atoms with E-state index in [1.807, 2.05) is 18.2 Å². The first-order valence-corrected chi connectivity index (χ1v) is 7.05. The highest BCUT2D eigenvalue weighted by Crippen LogP contribution is 2.26. The predicted octanol–water partition coefficient (Wildman–Crippen LogP) is 4.06. The first kappa shape index (κ1) is 12.6. The normalized spacial score (nSPS) is 10.4. The fourth-order valence-corrected chi connectivity index (χ4v) is 2.68. The molecule has 0 amide bonds. The quantitative estimate of drug-likeness (QED) is 0.727. The van der Waals surface area contributed by atoms with E-state index in [0.717, 1.165) is 21.5 Å². The molecule has 1 heterocycles. The van der Waals surface area contributed by atoms with Crippen molar-refractivity contribution in [3.63, 3.8) is 0 Å². The van der Waals surface area contributed by atoms with Gasteiger partial charge in [-0.2, -0.15) is 5.26 Å². The highest BCUT2D eigenvalue weighted by molar-refractivity contribution is 7.19. The molecule has 0 bridgehead atoms. The molecule has 20 heavy (non-hydrogen) atoms. The van der Waals surface area contributed by atoms with Crippen LogP contribution in [0.3, 0.4) is 0 Å². The summed E-state index contributed by atoms with van der Waals surface area (Å²) in [4.78, 5) is 4.20. The van der Waals surface area contributed by atoms with E-state index in [1.54, 1.807) is 0 Å². The molecule has 0 atom stereocenters. The van der Waals surface area contributed by atoms with Crippen molar-refractivity contribution >= 4 is 21.6 Å². The molecule has 3 aromatic rings. The van der Waals surface area contributed by atoms with Crippen LogP contribution < -0.4 is 4.74 Å². The Balaban J connectivity index is 1.77. The number of nitrogens with zero attached hydrogens (tertiary/aromatic N) is 2. The number of rotatable bonds is 3. The van der Waals surface area contributed by atoms with Gasteiger partial charge in [-0.25, -0.2) is 4.98 Å². The van der Waals surface area contributed by atoms with E-state index in [1.165, 1.54) is 16.9 Å². The summed E-state index contributed by atoms with van der Waals surface area (Å²) in [6.45, 7) is 2.60. The number of ether oxygens (including phenoxy) is 1. The van der Waals surface area contributed by atoms with Crippen LogP contribution in [0, 0.1) is 18.3 Å². The number of aromatic nitrogens is 1. The number of fused-ring (bicyclic) bond motifs is 1. The van der Waals surface area contributed by atoms with Crippen molar-refractivity contribution in [1.29, 1.82) is 5.26 Å². The molecule has 0 spiro atoms. The van der Waals surface area contributed by atoms with Gasteiger partial charge in [-0.15, -0.1) is 11.3 Å². The van der Waals surface area contributed by atoms with Crippen LogP contribution in [-0.2, 0) is 6.61 Å². The molecule has 0 N–H and O–H groups in total. The molecule has 0 saturated heterocycles. The fraction of sp³-hybridized carbons (Fsp3) is 0.125. The molecule has 0 aliphatic rings. The highest BCUT2D eigenvalue weighted by Gasteiger charge is 2.04. The topological polar surface area (TPSA) is 45.9 Å². The van der Waals surface area contributed by atoms with Crippen LogP contribution in [0.4, 0.5) is 0 Å². The lowest BCUT2D eigenvalue weighted by molar-refractivity contribution is 0.306. The van der Waals surface area contributed by atoms with Gasteiger partial charge < -0.3 is 4.74 Å². The summed E-state index contributed by atoms with van der Waals surface area (Å²) in [5, 5.41) is 9.33. The van der Waals surface area contributed by atoms with Crippen LogP contribution >= 0.6 is 11.3 Å². The molecule has 1 aromatic heterocycles. The average Bonchev–Trinajstić information content (AvgIpc) is 2.89. The van der Waals surface area contributed by atoms with E-state index < -0.39 is 0 Å². The molecule has 0 fully saturated rings. The van der Waals surface area contributed by atoms with Crippen molar-refractivity contribution in [1.82, 2.24) is 4.98 Å². The number of hydrogen-bond donors (Lipinski definition) is 0. The molecule has 0 aliphatic heterocycles. The Morgan fingerprint density at radius 2 is 2.00 bits per heavy atom. The van der Waals surface area contributed by atoms with Crippen LogP contribution in [0.25, 0.3) is 10.2 Å². The van der Waals surface area contributed by atoms with Gasteiger partial charge in [0.2, 0.25) is 0 Å². The Morgan fingerprint density at radius 3 is 2.75 bits per heavy atom. The summed E-state index contributed by atoms with van der Waals surface area (Å²) in [5.74, 6) is 0.797. The van der Waals surface area contributed by atoms with Crippen LogP contribution in [0.1, 0.15) is 16.1 Å². The third-order valence-electron chi connectivity index (χ3n) is 2.98. The number of nitriles is 1. The van der Waals surface area contributed by atoms with Gasteiger partial charge in [0, 0.05) is 0 Å². The lowest BCUT2D eigenvalue weighted by atomic mass is 10.2. The number of benzene rings is 2. The lowest BCUT2D eigenvalue weighted by Crippen LogP contribution is -1.94. The zero-order valence-electron chi connectivity index (χ0n) is 11.0. The fourth-order valence-electron chi connectivity index (χ4n) is 1.89.